The van der Waals surface area contributed by atoms with Crippen LogP contribution in [-0.4, -0.2) is 68.5 Å². The molecule has 0 unspecified atom stereocenters. The maximum Gasteiger partial charge on any atom is 0.260 e. The van der Waals surface area contributed by atoms with Crippen LogP contribution in [0.1, 0.15) is 5.69 Å². The van der Waals surface area contributed by atoms with Gasteiger partial charge in [-0.25, -0.2) is 9.97 Å². The molecule has 1 aromatic carbocycles. The van der Waals surface area contributed by atoms with Crippen molar-refractivity contribution in [2.45, 2.75) is 13.5 Å². The Morgan fingerprint density at radius 1 is 1.11 bits per heavy atom. The Morgan fingerprint density at radius 2 is 1.92 bits per heavy atom. The van der Waals surface area contributed by atoms with Crippen LogP contribution in [0.25, 0.3) is 33.4 Å². The number of amides is 1. The summed E-state index contributed by atoms with van der Waals surface area (Å²) >= 11 is 6.68. The molecule has 0 saturated carbocycles. The number of aromatic nitrogens is 5. The molecule has 1 amide bonds. The molecule has 0 radical (unpaired) electrons. The summed E-state index contributed by atoms with van der Waals surface area (Å²) in [6.07, 6.45) is 4.98. The minimum Gasteiger partial charge on any atom is -0.357 e. The van der Waals surface area contributed by atoms with Crippen molar-refractivity contribution in [2.75, 3.05) is 38.5 Å². The number of piperazine rings is 1. The van der Waals surface area contributed by atoms with Gasteiger partial charge in [-0.2, -0.15) is 4.98 Å². The molecule has 2 N–H and O–H groups in total. The fourth-order valence-corrected chi connectivity index (χ4v) is 4.55. The minimum atomic E-state index is -0.350. The summed E-state index contributed by atoms with van der Waals surface area (Å²) in [5.74, 6) is 0.223. The van der Waals surface area contributed by atoms with Gasteiger partial charge in [0.05, 0.1) is 17.6 Å². The first-order valence-corrected chi connectivity index (χ1v) is 12.0. The number of nitrogens with one attached hydrogen (secondary N) is 2. The standard InChI is InChI=1S/C25H25ClN8O2/c1-15-11-29-13-21(31-15)16-3-4-18(20(26)10-16)19-9-17-12-30-25(27-2)32-23(17)34(24(19)36)14-22(35)33-7-5-28-6-8-33/h3-4,9-13,28H,5-8,14H2,1-2H3,(H,27,30,32). The lowest BCUT2D eigenvalue weighted by Crippen LogP contribution is -2.48. The second kappa shape index (κ2) is 10.00. The van der Waals surface area contributed by atoms with Gasteiger partial charge in [-0.15, -0.1) is 0 Å². The highest BCUT2D eigenvalue weighted by molar-refractivity contribution is 6.33. The molecule has 184 valence electrons. The predicted molar refractivity (Wildman–Crippen MR) is 139 cm³/mol. The molecule has 1 aliphatic heterocycles. The first kappa shape index (κ1) is 23.8. The van der Waals surface area contributed by atoms with Crippen molar-refractivity contribution in [1.82, 2.24) is 34.7 Å². The van der Waals surface area contributed by atoms with Crippen molar-refractivity contribution in [1.29, 1.82) is 0 Å². The molecule has 0 spiro atoms. The minimum absolute atomic E-state index is 0.127. The molecule has 1 saturated heterocycles. The second-order valence-corrected chi connectivity index (χ2v) is 8.95. The zero-order valence-corrected chi connectivity index (χ0v) is 20.7. The Balaban J connectivity index is 1.61. The van der Waals surface area contributed by atoms with Crippen LogP contribution in [0.4, 0.5) is 5.95 Å². The maximum absolute atomic E-state index is 13.8. The molecule has 0 atom stereocenters. The predicted octanol–water partition coefficient (Wildman–Crippen LogP) is 2.35. The summed E-state index contributed by atoms with van der Waals surface area (Å²) in [6.45, 7) is 4.38. The van der Waals surface area contributed by atoms with Gasteiger partial charge in [0.15, 0.2) is 0 Å². The molecule has 10 nitrogen and oxygen atoms in total. The normalized spacial score (nSPS) is 13.7. The third kappa shape index (κ3) is 4.65. The van der Waals surface area contributed by atoms with Crippen molar-refractivity contribution in [3.63, 3.8) is 0 Å². The Kier molecular flexibility index (Phi) is 6.62. The summed E-state index contributed by atoms with van der Waals surface area (Å²) in [6, 6.07) is 7.12. The van der Waals surface area contributed by atoms with Gasteiger partial charge in [-0.05, 0) is 19.1 Å². The van der Waals surface area contributed by atoms with E-state index >= 15 is 0 Å². The van der Waals surface area contributed by atoms with Gasteiger partial charge in [0.1, 0.15) is 12.2 Å². The fraction of sp³-hybridized carbons (Fsp3) is 0.280. The highest BCUT2D eigenvalue weighted by Gasteiger charge is 2.21. The van der Waals surface area contributed by atoms with Crippen LogP contribution < -0.4 is 16.2 Å². The highest BCUT2D eigenvalue weighted by atomic mass is 35.5. The number of fused-ring (bicyclic) bond motifs is 1. The van der Waals surface area contributed by atoms with Crippen LogP contribution in [0, 0.1) is 6.92 Å². The summed E-state index contributed by atoms with van der Waals surface area (Å²) < 4.78 is 1.41. The van der Waals surface area contributed by atoms with Crippen molar-refractivity contribution in [2.24, 2.45) is 0 Å². The van der Waals surface area contributed by atoms with Gasteiger partial charge < -0.3 is 15.5 Å². The van der Waals surface area contributed by atoms with Crippen molar-refractivity contribution >= 4 is 34.5 Å². The van der Waals surface area contributed by atoms with E-state index in [0.29, 0.717) is 51.9 Å². The molecule has 1 aliphatic rings. The number of aryl methyl sites for hydroxylation is 1. The molecule has 5 rings (SSSR count). The lowest BCUT2D eigenvalue weighted by molar-refractivity contribution is -0.132. The van der Waals surface area contributed by atoms with Crippen LogP contribution in [-0.2, 0) is 11.3 Å². The number of pyridine rings is 1. The van der Waals surface area contributed by atoms with Gasteiger partial charge in [0, 0.05) is 72.7 Å². The maximum atomic E-state index is 13.8. The number of hydrogen-bond acceptors (Lipinski definition) is 8. The van der Waals surface area contributed by atoms with Crippen molar-refractivity contribution in [3.8, 4) is 22.4 Å². The van der Waals surface area contributed by atoms with E-state index < -0.39 is 0 Å². The van der Waals surface area contributed by atoms with Crippen LogP contribution in [0.15, 0.2) is 47.7 Å². The molecule has 36 heavy (non-hydrogen) atoms. The molecule has 4 heterocycles. The van der Waals surface area contributed by atoms with E-state index in [1.54, 1.807) is 48.7 Å². The third-order valence-electron chi connectivity index (χ3n) is 6.12. The summed E-state index contributed by atoms with van der Waals surface area (Å²) in [4.78, 5) is 46.1. The fourth-order valence-electron chi connectivity index (χ4n) is 4.26. The Morgan fingerprint density at radius 3 is 2.64 bits per heavy atom. The number of nitrogens with zero attached hydrogens (tertiary/aromatic N) is 6. The van der Waals surface area contributed by atoms with E-state index in [-0.39, 0.29) is 18.0 Å². The molecule has 3 aromatic heterocycles. The number of anilines is 1. The molecule has 1 fully saturated rings. The first-order valence-electron chi connectivity index (χ1n) is 11.6. The number of halogens is 1. The van der Waals surface area contributed by atoms with Crippen LogP contribution in [0.5, 0.6) is 0 Å². The lowest BCUT2D eigenvalue weighted by atomic mass is 10.0. The summed E-state index contributed by atoms with van der Waals surface area (Å²) in [5, 5.41) is 7.14. The number of carbonyl (C=O) groups is 1. The molecule has 0 aliphatic carbocycles. The average Bonchev–Trinajstić information content (AvgIpc) is 2.90. The van der Waals surface area contributed by atoms with E-state index in [9.17, 15) is 9.59 Å². The van der Waals surface area contributed by atoms with Crippen molar-refractivity contribution < 1.29 is 4.79 Å². The molecule has 0 bridgehead atoms. The van der Waals surface area contributed by atoms with Crippen LogP contribution >= 0.6 is 11.6 Å². The molecular weight excluding hydrogens is 480 g/mol. The number of hydrogen-bond donors (Lipinski definition) is 2. The van der Waals surface area contributed by atoms with Gasteiger partial charge in [0.25, 0.3) is 5.56 Å². The van der Waals surface area contributed by atoms with E-state index in [2.05, 4.69) is 30.6 Å². The Hall–Kier alpha value is -3.89. The number of carbonyl (C=O) groups excluding carboxylic acids is 1. The second-order valence-electron chi connectivity index (χ2n) is 8.54. The van der Waals surface area contributed by atoms with E-state index in [1.807, 2.05) is 13.0 Å². The van der Waals surface area contributed by atoms with Crippen molar-refractivity contribution in [3.05, 3.63) is 63.9 Å². The zero-order valence-electron chi connectivity index (χ0n) is 20.0. The first-order chi connectivity index (χ1) is 17.4. The lowest BCUT2D eigenvalue weighted by Gasteiger charge is -2.27. The van der Waals surface area contributed by atoms with E-state index in [1.165, 1.54) is 4.57 Å². The van der Waals surface area contributed by atoms with Crippen LogP contribution in [0.3, 0.4) is 0 Å². The Labute approximate surface area is 212 Å². The zero-order chi connectivity index (χ0) is 25.2. The quantitative estimate of drug-likeness (QED) is 0.425. The highest BCUT2D eigenvalue weighted by Crippen LogP contribution is 2.31. The van der Waals surface area contributed by atoms with Gasteiger partial charge in [0.2, 0.25) is 11.9 Å². The number of rotatable bonds is 5. The largest absolute Gasteiger partial charge is 0.357 e. The average molecular weight is 505 g/mol. The number of benzene rings is 1. The molecule has 4 aromatic rings. The monoisotopic (exact) mass is 504 g/mol. The summed E-state index contributed by atoms with van der Waals surface area (Å²) in [7, 11) is 1.70. The SMILES string of the molecule is CNc1ncc2cc(-c3ccc(-c4cncc(C)n4)cc3Cl)c(=O)n(CC(=O)N3CCNCC3)c2n1. The Bertz CT molecular complexity index is 1510. The smallest absolute Gasteiger partial charge is 0.260 e. The molecular formula is C25H25ClN8O2. The van der Waals surface area contributed by atoms with Gasteiger partial charge >= 0.3 is 0 Å². The van der Waals surface area contributed by atoms with Crippen LogP contribution in [0.2, 0.25) is 5.02 Å². The van der Waals surface area contributed by atoms with Gasteiger partial charge in [-0.3, -0.25) is 19.1 Å². The van der Waals surface area contributed by atoms with E-state index in [0.717, 1.165) is 24.3 Å². The van der Waals surface area contributed by atoms with Gasteiger partial charge in [-0.1, -0.05) is 23.7 Å². The third-order valence-corrected chi connectivity index (χ3v) is 6.44. The summed E-state index contributed by atoms with van der Waals surface area (Å²) in [5.41, 5.74) is 3.22. The molecule has 11 heteroatoms. The van der Waals surface area contributed by atoms with E-state index in [4.69, 9.17) is 11.6 Å². The topological polar surface area (TPSA) is 118 Å².